The van der Waals surface area contributed by atoms with Crippen molar-refractivity contribution in [2.75, 3.05) is 0 Å². The highest BCUT2D eigenvalue weighted by atomic mass is 19.4. The van der Waals surface area contributed by atoms with E-state index in [0.717, 1.165) is 18.2 Å². The number of hydrogen-bond acceptors (Lipinski definition) is 4. The van der Waals surface area contributed by atoms with Crippen molar-refractivity contribution in [2.45, 2.75) is 12.9 Å². The molecule has 3 rings (SSSR count). The minimum atomic E-state index is -4.93. The summed E-state index contributed by atoms with van der Waals surface area (Å²) in [4.78, 5) is 12.2. The SMILES string of the molecule is O=C(NCc1cc(-c2cc(F)ccc2O)n[nH]1)c1ccccc1OC(F)(F)F. The first-order valence-corrected chi connectivity index (χ1v) is 7.89. The summed E-state index contributed by atoms with van der Waals surface area (Å²) in [5.74, 6) is -2.15. The molecule has 146 valence electrons. The predicted octanol–water partition coefficient (Wildman–Crippen LogP) is 3.75. The smallest absolute Gasteiger partial charge is 0.507 e. The van der Waals surface area contributed by atoms with E-state index >= 15 is 0 Å². The second-order valence-electron chi connectivity index (χ2n) is 5.67. The van der Waals surface area contributed by atoms with Gasteiger partial charge in [0.05, 0.1) is 23.5 Å². The van der Waals surface area contributed by atoms with Crippen molar-refractivity contribution >= 4 is 5.91 Å². The number of halogens is 4. The number of aromatic amines is 1. The van der Waals surface area contributed by atoms with E-state index in [1.807, 2.05) is 0 Å². The van der Waals surface area contributed by atoms with E-state index in [2.05, 4.69) is 20.3 Å². The number of alkyl halides is 3. The fourth-order valence-corrected chi connectivity index (χ4v) is 2.44. The number of nitrogens with one attached hydrogen (secondary N) is 2. The maximum atomic E-state index is 13.3. The van der Waals surface area contributed by atoms with Gasteiger partial charge < -0.3 is 15.2 Å². The lowest BCUT2D eigenvalue weighted by atomic mass is 10.1. The van der Waals surface area contributed by atoms with Crippen LogP contribution in [0, 0.1) is 5.82 Å². The van der Waals surface area contributed by atoms with E-state index < -0.39 is 23.8 Å². The maximum Gasteiger partial charge on any atom is 0.573 e. The van der Waals surface area contributed by atoms with E-state index in [0.29, 0.717) is 5.69 Å². The summed E-state index contributed by atoms with van der Waals surface area (Å²) in [7, 11) is 0. The third kappa shape index (κ3) is 4.58. The Labute approximate surface area is 155 Å². The molecule has 0 aliphatic heterocycles. The molecule has 0 fully saturated rings. The molecule has 10 heteroatoms. The maximum absolute atomic E-state index is 13.3. The molecule has 6 nitrogen and oxygen atoms in total. The number of phenolic OH excluding ortho intramolecular Hbond substituents is 1. The molecule has 1 heterocycles. The van der Waals surface area contributed by atoms with Crippen molar-refractivity contribution in [1.82, 2.24) is 15.5 Å². The van der Waals surface area contributed by atoms with Gasteiger partial charge in [-0.05, 0) is 36.4 Å². The van der Waals surface area contributed by atoms with E-state index in [1.54, 1.807) is 0 Å². The Morgan fingerprint density at radius 1 is 1.18 bits per heavy atom. The van der Waals surface area contributed by atoms with Crippen LogP contribution in [-0.2, 0) is 6.54 Å². The zero-order valence-corrected chi connectivity index (χ0v) is 14.0. The number of hydrogen-bond donors (Lipinski definition) is 3. The Bertz CT molecular complexity index is 1000. The second kappa shape index (κ2) is 7.59. The Balaban J connectivity index is 1.71. The number of benzene rings is 2. The number of carbonyl (C=O) groups excluding carboxylic acids is 1. The molecule has 0 saturated heterocycles. The number of ether oxygens (including phenoxy) is 1. The van der Waals surface area contributed by atoms with Crippen molar-refractivity contribution in [2.24, 2.45) is 0 Å². The number of aromatic hydroxyl groups is 1. The topological polar surface area (TPSA) is 87.2 Å². The molecule has 0 radical (unpaired) electrons. The van der Waals surface area contributed by atoms with E-state index in [4.69, 9.17) is 0 Å². The minimum Gasteiger partial charge on any atom is -0.507 e. The molecule has 1 amide bonds. The fourth-order valence-electron chi connectivity index (χ4n) is 2.44. The second-order valence-corrected chi connectivity index (χ2v) is 5.67. The van der Waals surface area contributed by atoms with Gasteiger partial charge in [0.15, 0.2) is 0 Å². The van der Waals surface area contributed by atoms with Gasteiger partial charge >= 0.3 is 6.36 Å². The zero-order valence-electron chi connectivity index (χ0n) is 14.0. The molecule has 0 aliphatic carbocycles. The number of aromatic nitrogens is 2. The molecule has 28 heavy (non-hydrogen) atoms. The normalized spacial score (nSPS) is 11.3. The van der Waals surface area contributed by atoms with Crippen LogP contribution in [0.15, 0.2) is 48.5 Å². The molecule has 0 unspecified atom stereocenters. The van der Waals surface area contributed by atoms with E-state index in [9.17, 15) is 27.5 Å². The average Bonchev–Trinajstić information content (AvgIpc) is 3.09. The Hall–Kier alpha value is -3.56. The van der Waals surface area contributed by atoms with Crippen molar-refractivity contribution in [3.63, 3.8) is 0 Å². The largest absolute Gasteiger partial charge is 0.573 e. The summed E-state index contributed by atoms with van der Waals surface area (Å²) in [6.45, 7) is -0.0950. The predicted molar refractivity (Wildman–Crippen MR) is 89.9 cm³/mol. The minimum absolute atomic E-state index is 0.0950. The fraction of sp³-hybridized carbons (Fsp3) is 0.111. The van der Waals surface area contributed by atoms with Crippen LogP contribution < -0.4 is 10.1 Å². The Morgan fingerprint density at radius 2 is 1.93 bits per heavy atom. The summed E-state index contributed by atoms with van der Waals surface area (Å²) in [6.07, 6.45) is -4.93. The van der Waals surface area contributed by atoms with Gasteiger partial charge in [0.2, 0.25) is 0 Å². The van der Waals surface area contributed by atoms with Crippen LogP contribution >= 0.6 is 0 Å². The molecule has 0 bridgehead atoms. The first-order chi connectivity index (χ1) is 13.2. The summed E-state index contributed by atoms with van der Waals surface area (Å²) >= 11 is 0. The molecule has 1 aromatic heterocycles. The number of rotatable bonds is 5. The van der Waals surface area contributed by atoms with Gasteiger partial charge in [-0.15, -0.1) is 13.2 Å². The lowest BCUT2D eigenvalue weighted by molar-refractivity contribution is -0.274. The summed E-state index contributed by atoms with van der Waals surface area (Å²) < 4.78 is 54.5. The zero-order chi connectivity index (χ0) is 20.3. The molecule has 3 aromatic rings. The number of carbonyl (C=O) groups is 1. The molecule has 2 aromatic carbocycles. The van der Waals surface area contributed by atoms with Crippen LogP contribution in [0.2, 0.25) is 0 Å². The van der Waals surface area contributed by atoms with Crippen LogP contribution in [0.4, 0.5) is 17.6 Å². The van der Waals surface area contributed by atoms with Gasteiger partial charge in [-0.2, -0.15) is 5.10 Å². The third-order valence-electron chi connectivity index (χ3n) is 3.66. The standard InChI is InChI=1S/C18H13F4N3O3/c19-10-5-6-15(26)13(7-10)14-8-11(24-25-14)9-23-17(27)12-3-1-2-4-16(12)28-18(20,21)22/h1-8,26H,9H2,(H,23,27)(H,24,25). The molecular formula is C18H13F4N3O3. The van der Waals surface area contributed by atoms with Gasteiger partial charge in [0.25, 0.3) is 5.91 Å². The summed E-state index contributed by atoms with van der Waals surface area (Å²) in [5.41, 5.74) is 0.489. The average molecular weight is 395 g/mol. The van der Waals surface area contributed by atoms with Crippen LogP contribution in [0.5, 0.6) is 11.5 Å². The number of para-hydroxylation sites is 1. The quantitative estimate of drug-likeness (QED) is 0.575. The van der Waals surface area contributed by atoms with E-state index in [-0.39, 0.29) is 29.1 Å². The lowest BCUT2D eigenvalue weighted by Crippen LogP contribution is -2.25. The highest BCUT2D eigenvalue weighted by Crippen LogP contribution is 2.29. The van der Waals surface area contributed by atoms with E-state index in [1.165, 1.54) is 30.3 Å². The number of nitrogens with zero attached hydrogens (tertiary/aromatic N) is 1. The Morgan fingerprint density at radius 3 is 2.68 bits per heavy atom. The summed E-state index contributed by atoms with van der Waals surface area (Å²) in [5, 5.41) is 18.8. The summed E-state index contributed by atoms with van der Waals surface area (Å²) in [6, 6.07) is 9.77. The monoisotopic (exact) mass is 395 g/mol. The van der Waals surface area contributed by atoms with Crippen molar-refractivity contribution in [3.05, 3.63) is 65.6 Å². The van der Waals surface area contributed by atoms with Crippen LogP contribution in [0.3, 0.4) is 0 Å². The Kier molecular flexibility index (Phi) is 5.21. The van der Waals surface area contributed by atoms with Crippen molar-refractivity contribution in [1.29, 1.82) is 0 Å². The van der Waals surface area contributed by atoms with Gasteiger partial charge in [-0.1, -0.05) is 12.1 Å². The molecule has 0 atom stereocenters. The van der Waals surface area contributed by atoms with Gasteiger partial charge in [0, 0.05) is 5.56 Å². The lowest BCUT2D eigenvalue weighted by Gasteiger charge is -2.12. The number of amides is 1. The highest BCUT2D eigenvalue weighted by Gasteiger charge is 2.32. The first-order valence-electron chi connectivity index (χ1n) is 7.89. The van der Waals surface area contributed by atoms with Crippen LogP contribution in [-0.4, -0.2) is 27.6 Å². The number of phenols is 1. The molecule has 0 spiro atoms. The van der Waals surface area contributed by atoms with Gasteiger partial charge in [0.1, 0.15) is 17.3 Å². The number of H-pyrrole nitrogens is 1. The molecule has 3 N–H and O–H groups in total. The van der Waals surface area contributed by atoms with Crippen LogP contribution in [0.1, 0.15) is 16.1 Å². The molecular weight excluding hydrogens is 382 g/mol. The van der Waals surface area contributed by atoms with Gasteiger partial charge in [-0.3, -0.25) is 9.89 Å². The molecule has 0 saturated carbocycles. The third-order valence-corrected chi connectivity index (χ3v) is 3.66. The first kappa shape index (κ1) is 19.2. The van der Waals surface area contributed by atoms with Crippen molar-refractivity contribution in [3.8, 4) is 22.8 Å². The molecule has 0 aliphatic rings. The van der Waals surface area contributed by atoms with Crippen LogP contribution in [0.25, 0.3) is 11.3 Å². The van der Waals surface area contributed by atoms with Crippen molar-refractivity contribution < 1.29 is 32.2 Å². The highest BCUT2D eigenvalue weighted by molar-refractivity contribution is 5.96. The van der Waals surface area contributed by atoms with Gasteiger partial charge in [-0.25, -0.2) is 4.39 Å².